The fourth-order valence-corrected chi connectivity index (χ4v) is 2.21. The number of benzene rings is 2. The highest BCUT2D eigenvalue weighted by molar-refractivity contribution is 5.85. The standard InChI is InChI=1S/C17H19N5O.ClH/c1-2-23-15-10-8-13(9-11-15)12-19-17-20-16(18)22(21-17)14-6-4-3-5-7-14;/h3-11H,2,12H2,1H3,(H3,18,19,20,21);1H. The van der Waals surface area contributed by atoms with Gasteiger partial charge in [0.25, 0.3) is 0 Å². The Morgan fingerprint density at radius 3 is 2.46 bits per heavy atom. The first kappa shape index (κ1) is 17.6. The van der Waals surface area contributed by atoms with E-state index in [1.54, 1.807) is 4.68 Å². The molecule has 0 bridgehead atoms. The Morgan fingerprint density at radius 1 is 1.08 bits per heavy atom. The molecule has 1 aromatic heterocycles. The van der Waals surface area contributed by atoms with Crippen molar-refractivity contribution in [3.63, 3.8) is 0 Å². The van der Waals surface area contributed by atoms with E-state index in [0.717, 1.165) is 17.0 Å². The number of aromatic nitrogens is 3. The smallest absolute Gasteiger partial charge is 0.244 e. The Kier molecular flexibility index (Phi) is 6.03. The minimum absolute atomic E-state index is 0. The van der Waals surface area contributed by atoms with Gasteiger partial charge in [-0.05, 0) is 36.8 Å². The van der Waals surface area contributed by atoms with Gasteiger partial charge in [-0.15, -0.1) is 17.5 Å². The topological polar surface area (TPSA) is 78.0 Å². The second-order valence-corrected chi connectivity index (χ2v) is 4.97. The van der Waals surface area contributed by atoms with Crippen LogP contribution in [0.5, 0.6) is 5.75 Å². The summed E-state index contributed by atoms with van der Waals surface area (Å²) in [6.07, 6.45) is 0. The molecule has 0 aliphatic carbocycles. The SMILES string of the molecule is CCOc1ccc(CNc2nc(N)n(-c3ccccc3)n2)cc1.Cl. The molecule has 1 heterocycles. The predicted molar refractivity (Wildman–Crippen MR) is 98.0 cm³/mol. The zero-order valence-electron chi connectivity index (χ0n) is 13.3. The van der Waals surface area contributed by atoms with Gasteiger partial charge in [-0.1, -0.05) is 30.3 Å². The average Bonchev–Trinajstić information content (AvgIpc) is 2.96. The highest BCUT2D eigenvalue weighted by Gasteiger charge is 2.08. The minimum Gasteiger partial charge on any atom is -0.494 e. The molecule has 2 aromatic carbocycles. The molecule has 0 atom stereocenters. The fourth-order valence-electron chi connectivity index (χ4n) is 2.21. The van der Waals surface area contributed by atoms with Crippen LogP contribution in [0.3, 0.4) is 0 Å². The number of ether oxygens (including phenoxy) is 1. The number of halogens is 1. The van der Waals surface area contributed by atoms with E-state index in [2.05, 4.69) is 15.4 Å². The maximum absolute atomic E-state index is 5.93. The van der Waals surface area contributed by atoms with Gasteiger partial charge in [0.15, 0.2) is 0 Å². The second-order valence-electron chi connectivity index (χ2n) is 4.97. The highest BCUT2D eigenvalue weighted by Crippen LogP contribution is 2.15. The summed E-state index contributed by atoms with van der Waals surface area (Å²) in [4.78, 5) is 4.24. The van der Waals surface area contributed by atoms with Gasteiger partial charge in [0.2, 0.25) is 11.9 Å². The van der Waals surface area contributed by atoms with E-state index in [-0.39, 0.29) is 12.4 Å². The second kappa shape index (κ2) is 8.21. The van der Waals surface area contributed by atoms with Crippen LogP contribution in [0.2, 0.25) is 0 Å². The first-order valence-corrected chi connectivity index (χ1v) is 7.50. The van der Waals surface area contributed by atoms with Crippen LogP contribution >= 0.6 is 12.4 Å². The molecule has 6 nitrogen and oxygen atoms in total. The van der Waals surface area contributed by atoms with E-state index in [9.17, 15) is 0 Å². The summed E-state index contributed by atoms with van der Waals surface area (Å²) < 4.78 is 7.04. The van der Waals surface area contributed by atoms with Gasteiger partial charge in [-0.25, -0.2) is 0 Å². The summed E-state index contributed by atoms with van der Waals surface area (Å²) in [5.74, 6) is 1.72. The number of nitrogen functional groups attached to an aromatic ring is 1. The van der Waals surface area contributed by atoms with Gasteiger partial charge < -0.3 is 15.8 Å². The van der Waals surface area contributed by atoms with E-state index < -0.39 is 0 Å². The van der Waals surface area contributed by atoms with Gasteiger partial charge in [0, 0.05) is 6.54 Å². The van der Waals surface area contributed by atoms with E-state index in [1.165, 1.54) is 0 Å². The molecule has 0 amide bonds. The minimum atomic E-state index is 0. The molecule has 0 saturated heterocycles. The predicted octanol–water partition coefficient (Wildman–Crippen LogP) is 3.28. The van der Waals surface area contributed by atoms with Gasteiger partial charge >= 0.3 is 0 Å². The highest BCUT2D eigenvalue weighted by atomic mass is 35.5. The lowest BCUT2D eigenvalue weighted by Crippen LogP contribution is -2.03. The van der Waals surface area contributed by atoms with Crippen molar-refractivity contribution < 1.29 is 4.74 Å². The van der Waals surface area contributed by atoms with E-state index in [4.69, 9.17) is 10.5 Å². The fraction of sp³-hybridized carbons (Fsp3) is 0.176. The number of anilines is 2. The molecular formula is C17H20ClN5O. The average molecular weight is 346 g/mol. The Bertz CT molecular complexity index is 758. The van der Waals surface area contributed by atoms with Gasteiger partial charge in [0.1, 0.15) is 5.75 Å². The zero-order valence-corrected chi connectivity index (χ0v) is 14.2. The third-order valence-corrected chi connectivity index (χ3v) is 3.32. The molecule has 3 aromatic rings. The van der Waals surface area contributed by atoms with Gasteiger partial charge in [-0.3, -0.25) is 0 Å². The number of hydrogen-bond donors (Lipinski definition) is 2. The molecule has 3 N–H and O–H groups in total. The molecule has 0 fully saturated rings. The van der Waals surface area contributed by atoms with Crippen LogP contribution in [0, 0.1) is 0 Å². The van der Waals surface area contributed by atoms with Crippen LogP contribution in [0.25, 0.3) is 5.69 Å². The first-order chi connectivity index (χ1) is 11.3. The van der Waals surface area contributed by atoms with Crippen LogP contribution < -0.4 is 15.8 Å². The van der Waals surface area contributed by atoms with Gasteiger partial charge in [0.05, 0.1) is 12.3 Å². The normalized spacial score (nSPS) is 10.0. The van der Waals surface area contributed by atoms with Crippen LogP contribution in [0.4, 0.5) is 11.9 Å². The Labute approximate surface area is 147 Å². The molecule has 0 aliphatic rings. The largest absolute Gasteiger partial charge is 0.494 e. The maximum Gasteiger partial charge on any atom is 0.244 e. The van der Waals surface area contributed by atoms with Crippen LogP contribution in [-0.2, 0) is 6.54 Å². The van der Waals surface area contributed by atoms with Crippen molar-refractivity contribution >= 4 is 24.3 Å². The van der Waals surface area contributed by atoms with Gasteiger partial charge in [-0.2, -0.15) is 9.67 Å². The van der Waals surface area contributed by atoms with Crippen molar-refractivity contribution in [1.82, 2.24) is 14.8 Å². The lowest BCUT2D eigenvalue weighted by molar-refractivity contribution is 0.340. The zero-order chi connectivity index (χ0) is 16.1. The number of nitrogens with zero attached hydrogens (tertiary/aromatic N) is 3. The number of rotatable bonds is 6. The van der Waals surface area contributed by atoms with E-state index in [1.807, 2.05) is 61.5 Å². The molecule has 7 heteroatoms. The Morgan fingerprint density at radius 2 is 1.79 bits per heavy atom. The first-order valence-electron chi connectivity index (χ1n) is 7.50. The molecule has 126 valence electrons. The molecule has 24 heavy (non-hydrogen) atoms. The van der Waals surface area contributed by atoms with Crippen molar-refractivity contribution in [1.29, 1.82) is 0 Å². The number of para-hydroxylation sites is 1. The third-order valence-electron chi connectivity index (χ3n) is 3.32. The van der Waals surface area contributed by atoms with Crippen LogP contribution in [-0.4, -0.2) is 21.4 Å². The summed E-state index contributed by atoms with van der Waals surface area (Å²) in [5.41, 5.74) is 7.92. The molecule has 0 radical (unpaired) electrons. The third kappa shape index (κ3) is 4.17. The number of hydrogen-bond acceptors (Lipinski definition) is 5. The van der Waals surface area contributed by atoms with E-state index in [0.29, 0.717) is 25.0 Å². The van der Waals surface area contributed by atoms with Crippen LogP contribution in [0.15, 0.2) is 54.6 Å². The van der Waals surface area contributed by atoms with Crippen molar-refractivity contribution in [3.8, 4) is 11.4 Å². The molecule has 0 saturated carbocycles. The monoisotopic (exact) mass is 345 g/mol. The number of nitrogens with two attached hydrogens (primary N) is 1. The van der Waals surface area contributed by atoms with Crippen molar-refractivity contribution in [2.75, 3.05) is 17.7 Å². The summed E-state index contributed by atoms with van der Waals surface area (Å²) in [5, 5.41) is 7.57. The molecule has 3 rings (SSSR count). The van der Waals surface area contributed by atoms with Crippen molar-refractivity contribution in [3.05, 3.63) is 60.2 Å². The lowest BCUT2D eigenvalue weighted by Gasteiger charge is -2.05. The van der Waals surface area contributed by atoms with Crippen LogP contribution in [0.1, 0.15) is 12.5 Å². The molecule has 0 aliphatic heterocycles. The molecule has 0 unspecified atom stereocenters. The Balaban J connectivity index is 0.00000208. The molecular weight excluding hydrogens is 326 g/mol. The van der Waals surface area contributed by atoms with Crippen molar-refractivity contribution in [2.45, 2.75) is 13.5 Å². The summed E-state index contributed by atoms with van der Waals surface area (Å²) in [6, 6.07) is 17.6. The van der Waals surface area contributed by atoms with E-state index >= 15 is 0 Å². The summed E-state index contributed by atoms with van der Waals surface area (Å²) in [6.45, 7) is 3.25. The molecule has 0 spiro atoms. The van der Waals surface area contributed by atoms with Crippen molar-refractivity contribution in [2.24, 2.45) is 0 Å². The summed E-state index contributed by atoms with van der Waals surface area (Å²) in [7, 11) is 0. The quantitative estimate of drug-likeness (QED) is 0.716. The Hall–Kier alpha value is -2.73. The maximum atomic E-state index is 5.93. The number of nitrogens with one attached hydrogen (secondary N) is 1. The lowest BCUT2D eigenvalue weighted by atomic mass is 10.2. The summed E-state index contributed by atoms with van der Waals surface area (Å²) >= 11 is 0.